The highest BCUT2D eigenvalue weighted by molar-refractivity contribution is 7.10. The Bertz CT molecular complexity index is 697. The number of aryl methyl sites for hydroxylation is 1. The normalized spacial score (nSPS) is 11.8. The van der Waals surface area contributed by atoms with Crippen LogP contribution in [0.3, 0.4) is 0 Å². The lowest BCUT2D eigenvalue weighted by molar-refractivity contribution is -0.138. The number of benzene rings is 1. The van der Waals surface area contributed by atoms with E-state index in [-0.39, 0.29) is 24.6 Å². The molecule has 2 rings (SSSR count). The molecule has 1 aromatic heterocycles. The smallest absolute Gasteiger partial charge is 0.350 e. The lowest BCUT2D eigenvalue weighted by atomic mass is 10.1. The molecule has 1 aromatic carbocycles. The van der Waals surface area contributed by atoms with Crippen molar-refractivity contribution in [2.45, 2.75) is 26.2 Å². The SMILES string of the molecule is Cc1ccsc1CNC(=O)CN(C)Cc1ccccc1C(F)(F)F. The van der Waals surface area contributed by atoms with Gasteiger partial charge in [-0.15, -0.1) is 11.3 Å². The number of nitrogens with one attached hydrogen (secondary N) is 1. The van der Waals surface area contributed by atoms with Crippen LogP contribution < -0.4 is 5.32 Å². The van der Waals surface area contributed by atoms with Gasteiger partial charge in [0, 0.05) is 11.4 Å². The molecule has 1 amide bonds. The van der Waals surface area contributed by atoms with E-state index in [1.165, 1.54) is 12.1 Å². The fraction of sp³-hybridized carbons (Fsp3) is 0.353. The number of halogens is 3. The predicted octanol–water partition coefficient (Wildman–Crippen LogP) is 3.82. The lowest BCUT2D eigenvalue weighted by Crippen LogP contribution is -2.34. The first kappa shape index (κ1) is 18.5. The summed E-state index contributed by atoms with van der Waals surface area (Å²) in [6.45, 7) is 2.51. The van der Waals surface area contributed by atoms with Crippen LogP contribution in [0.15, 0.2) is 35.7 Å². The Labute approximate surface area is 143 Å². The van der Waals surface area contributed by atoms with Crippen LogP contribution in [0, 0.1) is 6.92 Å². The number of hydrogen-bond donors (Lipinski definition) is 1. The number of amides is 1. The lowest BCUT2D eigenvalue weighted by Gasteiger charge is -2.19. The highest BCUT2D eigenvalue weighted by atomic mass is 32.1. The number of hydrogen-bond acceptors (Lipinski definition) is 3. The van der Waals surface area contributed by atoms with Gasteiger partial charge in [0.25, 0.3) is 0 Å². The van der Waals surface area contributed by atoms with Gasteiger partial charge in [-0.25, -0.2) is 0 Å². The minimum absolute atomic E-state index is 0.0383. The second kappa shape index (κ2) is 7.81. The zero-order valence-electron chi connectivity index (χ0n) is 13.5. The fourth-order valence-electron chi connectivity index (χ4n) is 2.35. The van der Waals surface area contributed by atoms with Crippen LogP contribution in [0.25, 0.3) is 0 Å². The molecule has 0 saturated heterocycles. The summed E-state index contributed by atoms with van der Waals surface area (Å²) in [5.41, 5.74) is 0.619. The Morgan fingerprint density at radius 1 is 1.25 bits per heavy atom. The van der Waals surface area contributed by atoms with E-state index in [1.54, 1.807) is 29.4 Å². The number of alkyl halides is 3. The first-order chi connectivity index (χ1) is 11.3. The maximum Gasteiger partial charge on any atom is 0.416 e. The number of nitrogens with zero attached hydrogens (tertiary/aromatic N) is 1. The van der Waals surface area contributed by atoms with E-state index in [0.29, 0.717) is 6.54 Å². The molecule has 3 nitrogen and oxygen atoms in total. The summed E-state index contributed by atoms with van der Waals surface area (Å²) in [6.07, 6.45) is -4.39. The third kappa shape index (κ3) is 5.07. The Kier molecular flexibility index (Phi) is 6.01. The summed E-state index contributed by atoms with van der Waals surface area (Å²) < 4.78 is 38.9. The van der Waals surface area contributed by atoms with Crippen molar-refractivity contribution in [2.24, 2.45) is 0 Å². The maximum absolute atomic E-state index is 13.0. The topological polar surface area (TPSA) is 32.3 Å². The Morgan fingerprint density at radius 2 is 1.96 bits per heavy atom. The molecule has 0 aliphatic heterocycles. The molecule has 0 saturated carbocycles. The van der Waals surface area contributed by atoms with E-state index in [2.05, 4.69) is 5.32 Å². The van der Waals surface area contributed by atoms with Crippen LogP contribution in [0.4, 0.5) is 13.2 Å². The number of likely N-dealkylation sites (N-methyl/N-ethyl adjacent to an activating group) is 1. The molecule has 1 heterocycles. The third-order valence-electron chi connectivity index (χ3n) is 3.59. The minimum atomic E-state index is -4.39. The molecule has 0 aliphatic carbocycles. The molecule has 0 fully saturated rings. The van der Waals surface area contributed by atoms with Crippen LogP contribution in [0.5, 0.6) is 0 Å². The minimum Gasteiger partial charge on any atom is -0.350 e. The van der Waals surface area contributed by atoms with Gasteiger partial charge in [0.2, 0.25) is 5.91 Å². The Balaban J connectivity index is 1.90. The van der Waals surface area contributed by atoms with Crippen LogP contribution >= 0.6 is 11.3 Å². The standard InChI is InChI=1S/C17H19F3N2OS/c1-12-7-8-24-15(12)9-21-16(23)11-22(2)10-13-5-3-4-6-14(13)17(18,19)20/h3-8H,9-11H2,1-2H3,(H,21,23). The number of rotatable bonds is 6. The van der Waals surface area contributed by atoms with Gasteiger partial charge in [-0.1, -0.05) is 18.2 Å². The first-order valence-electron chi connectivity index (χ1n) is 7.40. The summed E-state index contributed by atoms with van der Waals surface area (Å²) in [7, 11) is 1.63. The number of carbonyl (C=O) groups is 1. The van der Waals surface area contributed by atoms with Crippen LogP contribution in [-0.4, -0.2) is 24.4 Å². The van der Waals surface area contributed by atoms with E-state index < -0.39 is 11.7 Å². The van der Waals surface area contributed by atoms with Crippen molar-refractivity contribution >= 4 is 17.2 Å². The molecule has 24 heavy (non-hydrogen) atoms. The van der Waals surface area contributed by atoms with E-state index in [9.17, 15) is 18.0 Å². The molecule has 0 atom stereocenters. The van der Waals surface area contributed by atoms with Crippen molar-refractivity contribution in [1.29, 1.82) is 0 Å². The van der Waals surface area contributed by atoms with Gasteiger partial charge in [-0.05, 0) is 42.6 Å². The van der Waals surface area contributed by atoms with Crippen molar-refractivity contribution in [1.82, 2.24) is 10.2 Å². The summed E-state index contributed by atoms with van der Waals surface area (Å²) in [4.78, 5) is 14.6. The highest BCUT2D eigenvalue weighted by Gasteiger charge is 2.33. The molecule has 0 bridgehead atoms. The predicted molar refractivity (Wildman–Crippen MR) is 88.7 cm³/mol. The van der Waals surface area contributed by atoms with Crippen LogP contribution in [0.2, 0.25) is 0 Å². The first-order valence-corrected chi connectivity index (χ1v) is 8.28. The van der Waals surface area contributed by atoms with Crippen molar-refractivity contribution in [3.05, 3.63) is 57.3 Å². The molecule has 0 radical (unpaired) electrons. The quantitative estimate of drug-likeness (QED) is 0.853. The van der Waals surface area contributed by atoms with E-state index in [0.717, 1.165) is 16.5 Å². The molecule has 130 valence electrons. The molecule has 0 aliphatic rings. The van der Waals surface area contributed by atoms with Crippen molar-refractivity contribution in [3.8, 4) is 0 Å². The van der Waals surface area contributed by atoms with E-state index in [1.807, 2.05) is 18.4 Å². The molecule has 1 N–H and O–H groups in total. The molecule has 0 spiro atoms. The third-order valence-corrected chi connectivity index (χ3v) is 4.61. The number of thiophene rings is 1. The van der Waals surface area contributed by atoms with Crippen molar-refractivity contribution in [3.63, 3.8) is 0 Å². The van der Waals surface area contributed by atoms with Crippen molar-refractivity contribution in [2.75, 3.05) is 13.6 Å². The molecule has 0 unspecified atom stereocenters. The summed E-state index contributed by atoms with van der Waals surface area (Å²) in [5, 5.41) is 4.75. The Morgan fingerprint density at radius 3 is 2.58 bits per heavy atom. The van der Waals surface area contributed by atoms with Gasteiger partial charge in [0.15, 0.2) is 0 Å². The van der Waals surface area contributed by atoms with Gasteiger partial charge in [0.1, 0.15) is 0 Å². The number of carbonyl (C=O) groups excluding carboxylic acids is 1. The molecule has 7 heteroatoms. The fourth-order valence-corrected chi connectivity index (χ4v) is 3.19. The van der Waals surface area contributed by atoms with Gasteiger partial charge in [-0.2, -0.15) is 13.2 Å². The molecular weight excluding hydrogens is 337 g/mol. The average molecular weight is 356 g/mol. The van der Waals surface area contributed by atoms with Gasteiger partial charge >= 0.3 is 6.18 Å². The zero-order chi connectivity index (χ0) is 17.7. The summed E-state index contributed by atoms with van der Waals surface area (Å²) in [6, 6.07) is 7.40. The maximum atomic E-state index is 13.0. The largest absolute Gasteiger partial charge is 0.416 e. The second-order valence-electron chi connectivity index (χ2n) is 5.63. The summed E-state index contributed by atoms with van der Waals surface area (Å²) in [5.74, 6) is -0.213. The highest BCUT2D eigenvalue weighted by Crippen LogP contribution is 2.32. The van der Waals surface area contributed by atoms with Gasteiger partial charge in [-0.3, -0.25) is 9.69 Å². The average Bonchev–Trinajstić information content (AvgIpc) is 2.89. The summed E-state index contributed by atoms with van der Waals surface area (Å²) >= 11 is 1.56. The Hall–Kier alpha value is -1.86. The monoisotopic (exact) mass is 356 g/mol. The second-order valence-corrected chi connectivity index (χ2v) is 6.63. The van der Waals surface area contributed by atoms with Gasteiger partial charge < -0.3 is 5.32 Å². The van der Waals surface area contributed by atoms with Crippen LogP contribution in [0.1, 0.15) is 21.6 Å². The van der Waals surface area contributed by atoms with Crippen molar-refractivity contribution < 1.29 is 18.0 Å². The molecular formula is C17H19F3N2OS. The van der Waals surface area contributed by atoms with E-state index in [4.69, 9.17) is 0 Å². The van der Waals surface area contributed by atoms with E-state index >= 15 is 0 Å². The zero-order valence-corrected chi connectivity index (χ0v) is 14.3. The van der Waals surface area contributed by atoms with Gasteiger partial charge in [0.05, 0.1) is 18.7 Å². The van der Waals surface area contributed by atoms with Crippen LogP contribution in [-0.2, 0) is 24.1 Å². The molecule has 2 aromatic rings.